The molecular weight excluding hydrogens is 626 g/mol. The van der Waals surface area contributed by atoms with Gasteiger partial charge in [-0.15, -0.1) is 11.8 Å². The van der Waals surface area contributed by atoms with Crippen LogP contribution in [0.4, 0.5) is 5.69 Å². The molecule has 3 aromatic carbocycles. The Kier molecular flexibility index (Phi) is 11.7. The molecule has 0 saturated carbocycles. The number of nitrogens with one attached hydrogen (secondary N) is 1. The van der Waals surface area contributed by atoms with Crippen LogP contribution in [0.25, 0.3) is 0 Å². The molecule has 220 valence electrons. The second-order valence-electron chi connectivity index (χ2n) is 9.58. The molecule has 41 heavy (non-hydrogen) atoms. The molecule has 0 bridgehead atoms. The summed E-state index contributed by atoms with van der Waals surface area (Å²) in [5.41, 5.74) is 1.03. The van der Waals surface area contributed by atoms with E-state index in [1.165, 1.54) is 28.8 Å². The van der Waals surface area contributed by atoms with Crippen LogP contribution < -0.4 is 14.4 Å². The number of hydrogen-bond acceptors (Lipinski definition) is 6. The van der Waals surface area contributed by atoms with E-state index >= 15 is 0 Å². The van der Waals surface area contributed by atoms with Gasteiger partial charge in [-0.25, -0.2) is 8.42 Å². The van der Waals surface area contributed by atoms with Crippen LogP contribution in [0.5, 0.6) is 5.75 Å². The van der Waals surface area contributed by atoms with E-state index in [1.807, 2.05) is 44.4 Å². The molecule has 0 radical (unpaired) electrons. The van der Waals surface area contributed by atoms with Crippen molar-refractivity contribution in [3.8, 4) is 5.75 Å². The highest BCUT2D eigenvalue weighted by Crippen LogP contribution is 2.33. The SMILES string of the molecule is CCOc1ccccc1N(CC(=O)N(Cc1ccc(Br)cc1)[C@H](C)C(=O)NC(C)C)S(=O)(=O)c1ccc(SC)cc1. The summed E-state index contributed by atoms with van der Waals surface area (Å²) >= 11 is 4.92. The first-order valence-electron chi connectivity index (χ1n) is 13.2. The fourth-order valence-corrected chi connectivity index (χ4v) is 6.20. The summed E-state index contributed by atoms with van der Waals surface area (Å²) in [6.07, 6.45) is 1.91. The molecule has 0 unspecified atom stereocenters. The minimum atomic E-state index is -4.20. The molecule has 3 rings (SSSR count). The third-order valence-corrected chi connectivity index (χ3v) is 9.27. The molecule has 11 heteroatoms. The van der Waals surface area contributed by atoms with Crippen molar-refractivity contribution in [2.45, 2.75) is 56.1 Å². The van der Waals surface area contributed by atoms with Crippen LogP contribution in [0, 0.1) is 0 Å². The lowest BCUT2D eigenvalue weighted by atomic mass is 10.1. The van der Waals surface area contributed by atoms with E-state index in [4.69, 9.17) is 4.74 Å². The van der Waals surface area contributed by atoms with Crippen LogP contribution in [-0.2, 0) is 26.2 Å². The molecule has 1 N–H and O–H groups in total. The Morgan fingerprint density at radius 1 is 0.976 bits per heavy atom. The molecule has 0 fully saturated rings. The van der Waals surface area contributed by atoms with Gasteiger partial charge in [0, 0.05) is 22.0 Å². The van der Waals surface area contributed by atoms with Crippen LogP contribution in [0.1, 0.15) is 33.3 Å². The number of carbonyl (C=O) groups excluding carboxylic acids is 2. The van der Waals surface area contributed by atoms with Crippen molar-refractivity contribution in [3.63, 3.8) is 0 Å². The predicted molar refractivity (Wildman–Crippen MR) is 168 cm³/mol. The maximum absolute atomic E-state index is 14.1. The van der Waals surface area contributed by atoms with Crippen LogP contribution in [-0.4, -0.2) is 56.6 Å². The zero-order valence-corrected chi connectivity index (χ0v) is 27.1. The van der Waals surface area contributed by atoms with E-state index in [1.54, 1.807) is 50.2 Å². The number of amides is 2. The Morgan fingerprint density at radius 2 is 1.61 bits per heavy atom. The van der Waals surface area contributed by atoms with Crippen molar-refractivity contribution in [3.05, 3.63) is 82.8 Å². The lowest BCUT2D eigenvalue weighted by Gasteiger charge is -2.32. The number of rotatable bonds is 13. The minimum Gasteiger partial charge on any atom is -0.492 e. The summed E-state index contributed by atoms with van der Waals surface area (Å²) in [4.78, 5) is 29.5. The fraction of sp³-hybridized carbons (Fsp3) is 0.333. The molecular formula is C30H36BrN3O5S2. The number of halogens is 1. The van der Waals surface area contributed by atoms with Crippen molar-refractivity contribution >= 4 is 55.2 Å². The summed E-state index contributed by atoms with van der Waals surface area (Å²) in [7, 11) is -4.20. The number of hydrogen-bond donors (Lipinski definition) is 1. The average molecular weight is 663 g/mol. The quantitative estimate of drug-likeness (QED) is 0.236. The van der Waals surface area contributed by atoms with E-state index in [2.05, 4.69) is 21.2 Å². The number of sulfonamides is 1. The maximum atomic E-state index is 14.1. The average Bonchev–Trinajstić information content (AvgIpc) is 2.95. The summed E-state index contributed by atoms with van der Waals surface area (Å²) in [5, 5.41) is 2.86. The van der Waals surface area contributed by atoms with Crippen molar-refractivity contribution in [2.75, 3.05) is 23.7 Å². The van der Waals surface area contributed by atoms with Gasteiger partial charge in [0.15, 0.2) is 0 Å². The summed E-state index contributed by atoms with van der Waals surface area (Å²) in [6, 6.07) is 19.6. The summed E-state index contributed by atoms with van der Waals surface area (Å²) < 4.78 is 35.9. The van der Waals surface area contributed by atoms with Crippen molar-refractivity contribution < 1.29 is 22.7 Å². The van der Waals surface area contributed by atoms with Gasteiger partial charge in [0.05, 0.1) is 17.2 Å². The second kappa shape index (κ2) is 14.7. The summed E-state index contributed by atoms with van der Waals surface area (Å²) in [5.74, 6) is -0.533. The standard InChI is InChI=1S/C30H36BrN3O5S2/c1-6-39-28-10-8-7-9-27(28)34(41(37,38)26-17-15-25(40-5)16-18-26)20-29(35)33(22(4)30(36)32-21(2)3)19-23-11-13-24(31)14-12-23/h7-18,21-22H,6,19-20H2,1-5H3,(H,32,36)/t22-/m1/s1. The van der Waals surface area contributed by atoms with E-state index < -0.39 is 28.5 Å². The molecule has 0 aliphatic rings. The molecule has 0 aromatic heterocycles. The van der Waals surface area contributed by atoms with Gasteiger partial charge in [-0.2, -0.15) is 0 Å². The monoisotopic (exact) mass is 661 g/mol. The highest BCUT2D eigenvalue weighted by molar-refractivity contribution is 9.10. The fourth-order valence-electron chi connectivity index (χ4n) is 4.10. The Hall–Kier alpha value is -3.02. The maximum Gasteiger partial charge on any atom is 0.264 e. The Labute approximate surface area is 255 Å². The van der Waals surface area contributed by atoms with E-state index in [-0.39, 0.29) is 29.1 Å². The number of thioether (sulfide) groups is 1. The number of nitrogens with zero attached hydrogens (tertiary/aromatic N) is 2. The number of ether oxygens (including phenoxy) is 1. The Balaban J connectivity index is 2.08. The second-order valence-corrected chi connectivity index (χ2v) is 13.2. The zero-order valence-electron chi connectivity index (χ0n) is 23.8. The number of anilines is 1. The smallest absolute Gasteiger partial charge is 0.264 e. The Morgan fingerprint density at radius 3 is 2.20 bits per heavy atom. The molecule has 3 aromatic rings. The number of carbonyl (C=O) groups is 2. The lowest BCUT2D eigenvalue weighted by Crippen LogP contribution is -2.52. The third-order valence-electron chi connectivity index (χ3n) is 6.22. The Bertz CT molecular complexity index is 1430. The van der Waals surface area contributed by atoms with Crippen molar-refractivity contribution in [1.29, 1.82) is 0 Å². The van der Waals surface area contributed by atoms with Gasteiger partial charge in [-0.1, -0.05) is 40.2 Å². The van der Waals surface area contributed by atoms with Crippen LogP contribution >= 0.6 is 27.7 Å². The molecule has 0 saturated heterocycles. The van der Waals surface area contributed by atoms with Crippen molar-refractivity contribution in [1.82, 2.24) is 10.2 Å². The van der Waals surface area contributed by atoms with Gasteiger partial charge in [0.2, 0.25) is 11.8 Å². The van der Waals surface area contributed by atoms with Gasteiger partial charge in [-0.05, 0) is 88.0 Å². The zero-order chi connectivity index (χ0) is 30.2. The van der Waals surface area contributed by atoms with E-state index in [0.29, 0.717) is 12.4 Å². The first kappa shape index (κ1) is 32.5. The van der Waals surface area contributed by atoms with E-state index in [0.717, 1.165) is 19.2 Å². The van der Waals surface area contributed by atoms with Gasteiger partial charge >= 0.3 is 0 Å². The normalized spacial score (nSPS) is 12.1. The molecule has 1 atom stereocenters. The highest BCUT2D eigenvalue weighted by Gasteiger charge is 2.34. The van der Waals surface area contributed by atoms with Gasteiger partial charge in [-0.3, -0.25) is 13.9 Å². The molecule has 0 spiro atoms. The van der Waals surface area contributed by atoms with Crippen LogP contribution in [0.15, 0.2) is 87.1 Å². The van der Waals surface area contributed by atoms with Gasteiger partial charge in [0.25, 0.3) is 10.0 Å². The molecule has 0 heterocycles. The highest BCUT2D eigenvalue weighted by atomic mass is 79.9. The minimum absolute atomic E-state index is 0.0412. The van der Waals surface area contributed by atoms with Gasteiger partial charge in [0.1, 0.15) is 18.3 Å². The molecule has 2 amide bonds. The van der Waals surface area contributed by atoms with Gasteiger partial charge < -0.3 is 15.0 Å². The lowest BCUT2D eigenvalue weighted by molar-refractivity contribution is -0.139. The third kappa shape index (κ3) is 8.50. The van der Waals surface area contributed by atoms with Crippen LogP contribution in [0.2, 0.25) is 0 Å². The number of benzene rings is 3. The largest absolute Gasteiger partial charge is 0.492 e. The molecule has 0 aliphatic carbocycles. The predicted octanol–water partition coefficient (Wildman–Crippen LogP) is 5.71. The van der Waals surface area contributed by atoms with E-state index in [9.17, 15) is 18.0 Å². The first-order valence-corrected chi connectivity index (χ1v) is 16.7. The molecule has 8 nitrogen and oxygen atoms in total. The molecule has 0 aliphatic heterocycles. The van der Waals surface area contributed by atoms with Crippen LogP contribution in [0.3, 0.4) is 0 Å². The first-order chi connectivity index (χ1) is 19.5. The number of para-hydroxylation sites is 2. The topological polar surface area (TPSA) is 96.0 Å². The van der Waals surface area contributed by atoms with Crippen molar-refractivity contribution in [2.24, 2.45) is 0 Å². The summed E-state index contributed by atoms with van der Waals surface area (Å²) in [6.45, 7) is 7.01.